The minimum Gasteiger partial charge on any atom is -0.492 e. The minimum absolute atomic E-state index is 0.0738. The zero-order valence-corrected chi connectivity index (χ0v) is 21.9. The fourth-order valence-electron chi connectivity index (χ4n) is 4.76. The van der Waals surface area contributed by atoms with Gasteiger partial charge in [-0.15, -0.1) is 11.3 Å². The van der Waals surface area contributed by atoms with Crippen molar-refractivity contribution >= 4 is 27.5 Å². The number of hydrogen-bond acceptors (Lipinski definition) is 8. The zero-order valence-electron chi connectivity index (χ0n) is 21.1. The number of thiazole rings is 1. The highest BCUT2D eigenvalue weighted by Gasteiger charge is 2.29. The third kappa shape index (κ3) is 6.21. The number of aromatic carboxylic acids is 1. The summed E-state index contributed by atoms with van der Waals surface area (Å²) >= 11 is 1.46. The molecule has 0 unspecified atom stereocenters. The average Bonchev–Trinajstić information content (AvgIpc) is 3.55. The minimum atomic E-state index is -1.00. The van der Waals surface area contributed by atoms with Crippen molar-refractivity contribution in [2.45, 2.75) is 70.7 Å². The van der Waals surface area contributed by atoms with E-state index in [1.165, 1.54) is 11.3 Å². The molecule has 2 N–H and O–H groups in total. The normalized spacial score (nSPS) is 15.4. The molecule has 0 aliphatic heterocycles. The van der Waals surface area contributed by atoms with E-state index in [1.807, 2.05) is 19.9 Å². The summed E-state index contributed by atoms with van der Waals surface area (Å²) in [7, 11) is 0. The van der Waals surface area contributed by atoms with Crippen molar-refractivity contribution in [3.8, 4) is 17.6 Å². The number of aryl methyl sites for hydroxylation is 1. The summed E-state index contributed by atoms with van der Waals surface area (Å²) in [6.45, 7) is 4.42. The first-order chi connectivity index (χ1) is 17.9. The molecule has 1 aliphatic carbocycles. The van der Waals surface area contributed by atoms with E-state index in [2.05, 4.69) is 11.1 Å². The van der Waals surface area contributed by atoms with Crippen LogP contribution in [0.15, 0.2) is 30.3 Å². The zero-order chi connectivity index (χ0) is 26.4. The van der Waals surface area contributed by atoms with E-state index in [4.69, 9.17) is 14.2 Å². The third-order valence-electron chi connectivity index (χ3n) is 6.50. The number of rotatable bonds is 12. The molecule has 37 heavy (non-hydrogen) atoms. The van der Waals surface area contributed by atoms with Crippen molar-refractivity contribution in [3.05, 3.63) is 52.0 Å². The van der Waals surface area contributed by atoms with E-state index in [1.54, 1.807) is 24.3 Å². The molecule has 1 fully saturated rings. The van der Waals surface area contributed by atoms with Crippen LogP contribution in [-0.4, -0.2) is 46.6 Å². The number of carboxylic acids is 1. The van der Waals surface area contributed by atoms with Crippen LogP contribution < -0.4 is 9.47 Å². The van der Waals surface area contributed by atoms with Gasteiger partial charge in [0.15, 0.2) is 0 Å². The molecule has 196 valence electrons. The quantitative estimate of drug-likeness (QED) is 0.311. The van der Waals surface area contributed by atoms with Gasteiger partial charge in [-0.2, -0.15) is 5.26 Å². The number of ether oxygens (including phenoxy) is 3. The summed E-state index contributed by atoms with van der Waals surface area (Å²) in [6.07, 6.45) is 3.70. The number of carboxylic acid groups (broad SMARTS) is 1. The number of para-hydroxylation sites is 1. The average molecular weight is 525 g/mol. The fraction of sp³-hybridized carbons (Fsp3) is 0.464. The van der Waals surface area contributed by atoms with Gasteiger partial charge in [0.1, 0.15) is 29.2 Å². The SMILES string of the molecule is CCOc1cc([C@@H](O)[C@H](CCc2nc3c(C(=O)O)cccc3s2)OC2CCCC2)cc(OCC)c1C#N. The Morgan fingerprint density at radius 1 is 1.19 bits per heavy atom. The molecule has 0 bridgehead atoms. The van der Waals surface area contributed by atoms with Gasteiger partial charge in [-0.3, -0.25) is 0 Å². The number of fused-ring (bicyclic) bond motifs is 1. The van der Waals surface area contributed by atoms with E-state index in [9.17, 15) is 20.3 Å². The van der Waals surface area contributed by atoms with Gasteiger partial charge in [-0.05, 0) is 62.9 Å². The van der Waals surface area contributed by atoms with Crippen LogP contribution in [0.4, 0.5) is 0 Å². The number of aromatic nitrogens is 1. The molecule has 0 radical (unpaired) electrons. The standard InChI is InChI=1S/C28H32N2O6S/c1-3-34-22-14-17(15-23(35-4-2)20(22)16-29)27(31)21(36-18-8-5-6-9-18)12-13-25-30-26-19(28(32)33)10-7-11-24(26)37-25/h7,10-11,14-15,18,21,27,31H,3-6,8-9,12-13H2,1-2H3,(H,32,33)/t21-,27+/m0/s1. The molecule has 1 heterocycles. The lowest BCUT2D eigenvalue weighted by atomic mass is 9.98. The fourth-order valence-corrected chi connectivity index (χ4v) is 5.77. The second-order valence-electron chi connectivity index (χ2n) is 9.00. The smallest absolute Gasteiger partial charge is 0.337 e. The predicted octanol–water partition coefficient (Wildman–Crippen LogP) is 5.66. The number of aliphatic hydroxyl groups is 1. The van der Waals surface area contributed by atoms with E-state index in [-0.39, 0.29) is 11.7 Å². The van der Waals surface area contributed by atoms with Crippen LogP contribution in [0.1, 0.15) is 78.5 Å². The lowest BCUT2D eigenvalue weighted by molar-refractivity contribution is -0.0792. The molecule has 8 nitrogen and oxygen atoms in total. The maximum absolute atomic E-state index is 11.6. The van der Waals surface area contributed by atoms with Crippen LogP contribution in [0.25, 0.3) is 10.2 Å². The van der Waals surface area contributed by atoms with Crippen LogP contribution in [-0.2, 0) is 11.2 Å². The molecule has 4 rings (SSSR count). The highest BCUT2D eigenvalue weighted by molar-refractivity contribution is 7.18. The number of nitrogens with zero attached hydrogens (tertiary/aromatic N) is 2. The predicted molar refractivity (Wildman–Crippen MR) is 140 cm³/mol. The number of benzene rings is 2. The van der Waals surface area contributed by atoms with Crippen LogP contribution in [0.5, 0.6) is 11.5 Å². The lowest BCUT2D eigenvalue weighted by Crippen LogP contribution is -2.27. The maximum Gasteiger partial charge on any atom is 0.337 e. The Labute approximate surface area is 220 Å². The Kier molecular flexibility index (Phi) is 8.98. The van der Waals surface area contributed by atoms with Crippen molar-refractivity contribution in [2.24, 2.45) is 0 Å². The van der Waals surface area contributed by atoms with Crippen molar-refractivity contribution in [1.82, 2.24) is 4.98 Å². The summed E-state index contributed by atoms with van der Waals surface area (Å²) < 4.78 is 18.6. The summed E-state index contributed by atoms with van der Waals surface area (Å²) in [5.41, 5.74) is 1.53. The van der Waals surface area contributed by atoms with Crippen molar-refractivity contribution in [2.75, 3.05) is 13.2 Å². The van der Waals surface area contributed by atoms with E-state index < -0.39 is 18.2 Å². The number of carbonyl (C=O) groups is 1. The van der Waals surface area contributed by atoms with Crippen LogP contribution in [0.2, 0.25) is 0 Å². The first-order valence-electron chi connectivity index (χ1n) is 12.7. The summed E-state index contributed by atoms with van der Waals surface area (Å²) in [5, 5.41) is 31.5. The topological polar surface area (TPSA) is 122 Å². The first-order valence-corrected chi connectivity index (χ1v) is 13.6. The van der Waals surface area contributed by atoms with E-state index >= 15 is 0 Å². The Balaban J connectivity index is 1.62. The Bertz CT molecular complexity index is 1250. The van der Waals surface area contributed by atoms with Gasteiger partial charge >= 0.3 is 5.97 Å². The monoisotopic (exact) mass is 524 g/mol. The molecule has 9 heteroatoms. The second kappa shape index (κ2) is 12.4. The summed E-state index contributed by atoms with van der Waals surface area (Å²) in [4.78, 5) is 16.2. The highest BCUT2D eigenvalue weighted by Crippen LogP contribution is 2.36. The van der Waals surface area contributed by atoms with E-state index in [0.717, 1.165) is 35.4 Å². The number of aliphatic hydroxyl groups excluding tert-OH is 1. The van der Waals surface area contributed by atoms with Crippen molar-refractivity contribution < 1.29 is 29.2 Å². The molecule has 1 aliphatic rings. The molecule has 0 saturated heterocycles. The van der Waals surface area contributed by atoms with E-state index in [0.29, 0.717) is 54.2 Å². The Morgan fingerprint density at radius 2 is 1.86 bits per heavy atom. The second-order valence-corrected chi connectivity index (χ2v) is 10.1. The van der Waals surface area contributed by atoms with Crippen LogP contribution in [0.3, 0.4) is 0 Å². The van der Waals surface area contributed by atoms with Gasteiger partial charge in [0.25, 0.3) is 0 Å². The molecule has 3 aromatic rings. The summed E-state index contributed by atoms with van der Waals surface area (Å²) in [6, 6.07) is 10.7. The third-order valence-corrected chi connectivity index (χ3v) is 7.58. The molecule has 1 aromatic heterocycles. The van der Waals surface area contributed by atoms with Crippen LogP contribution in [0, 0.1) is 11.3 Å². The molecule has 0 amide bonds. The molecule has 2 atom stereocenters. The molecule has 0 spiro atoms. The first kappa shape index (κ1) is 26.9. The van der Waals surface area contributed by atoms with Crippen molar-refractivity contribution in [3.63, 3.8) is 0 Å². The van der Waals surface area contributed by atoms with Crippen molar-refractivity contribution in [1.29, 1.82) is 5.26 Å². The molecular formula is C28H32N2O6S. The Hall–Kier alpha value is -3.19. The molecule has 1 saturated carbocycles. The van der Waals surface area contributed by atoms with Gasteiger partial charge in [-0.25, -0.2) is 9.78 Å². The number of hydrogen-bond donors (Lipinski definition) is 2. The Morgan fingerprint density at radius 3 is 2.46 bits per heavy atom. The van der Waals surface area contributed by atoms with Crippen LogP contribution >= 0.6 is 11.3 Å². The van der Waals surface area contributed by atoms with Gasteiger partial charge in [0.2, 0.25) is 0 Å². The molecular weight excluding hydrogens is 492 g/mol. The highest BCUT2D eigenvalue weighted by atomic mass is 32.1. The number of nitriles is 1. The van der Waals surface area contributed by atoms with Gasteiger partial charge in [-0.1, -0.05) is 18.9 Å². The van der Waals surface area contributed by atoms with Gasteiger partial charge < -0.3 is 24.4 Å². The van der Waals surface area contributed by atoms with Gasteiger partial charge in [0, 0.05) is 6.42 Å². The molecule has 2 aromatic carbocycles. The lowest BCUT2D eigenvalue weighted by Gasteiger charge is -2.27. The maximum atomic E-state index is 11.6. The largest absolute Gasteiger partial charge is 0.492 e. The summed E-state index contributed by atoms with van der Waals surface area (Å²) in [5.74, 6) is -0.259. The van der Waals surface area contributed by atoms with Gasteiger partial charge in [0.05, 0.1) is 46.2 Å².